The maximum Gasteiger partial charge on any atom is 0.356 e. The van der Waals surface area contributed by atoms with Crippen molar-refractivity contribution in [3.63, 3.8) is 0 Å². The summed E-state index contributed by atoms with van der Waals surface area (Å²) in [4.78, 5) is 10.6. The summed E-state index contributed by atoms with van der Waals surface area (Å²) in [5.41, 5.74) is -0.0692. The molecule has 0 fully saturated rings. The molecule has 2 N–H and O–H groups in total. The fourth-order valence-electron chi connectivity index (χ4n) is 1.51. The number of hydrogen-bond acceptors (Lipinski definition) is 5. The van der Waals surface area contributed by atoms with E-state index in [1.807, 2.05) is 19.2 Å². The molecule has 2 aromatic rings. The van der Waals surface area contributed by atoms with E-state index in [9.17, 15) is 4.79 Å². The molecule has 0 aliphatic carbocycles. The van der Waals surface area contributed by atoms with Crippen molar-refractivity contribution in [2.75, 3.05) is 5.32 Å². The number of hydrogen-bond donors (Lipinski definition) is 2. The molecule has 2 heterocycles. The molecule has 7 nitrogen and oxygen atoms in total. The minimum atomic E-state index is -1.08. The molecule has 0 aromatic carbocycles. The van der Waals surface area contributed by atoms with E-state index in [1.54, 1.807) is 16.9 Å². The lowest BCUT2D eigenvalue weighted by Crippen LogP contribution is -2.23. The predicted molar refractivity (Wildman–Crippen MR) is 64.3 cm³/mol. The van der Waals surface area contributed by atoms with E-state index in [4.69, 9.17) is 5.11 Å². The zero-order valence-electron chi connectivity index (χ0n) is 9.82. The molecular formula is C11H13N5O2. The van der Waals surface area contributed by atoms with Crippen LogP contribution in [0.1, 0.15) is 17.4 Å². The topological polar surface area (TPSA) is 92.9 Å². The number of nitrogens with one attached hydrogen (secondary N) is 1. The Balaban J connectivity index is 1.94. The highest BCUT2D eigenvalue weighted by Gasteiger charge is 2.07. The molecule has 94 valence electrons. The summed E-state index contributed by atoms with van der Waals surface area (Å²) in [5.74, 6) is -0.543. The Bertz CT molecular complexity index is 509. The van der Waals surface area contributed by atoms with Crippen LogP contribution in [0.2, 0.25) is 0 Å². The third kappa shape index (κ3) is 3.03. The van der Waals surface area contributed by atoms with Gasteiger partial charge in [0.2, 0.25) is 0 Å². The fraction of sp³-hybridized carbons (Fsp3) is 0.273. The van der Waals surface area contributed by atoms with Gasteiger partial charge in [-0.3, -0.25) is 4.68 Å². The lowest BCUT2D eigenvalue weighted by Gasteiger charge is -2.13. The van der Waals surface area contributed by atoms with Crippen LogP contribution in [0.3, 0.4) is 0 Å². The van der Waals surface area contributed by atoms with Crippen molar-refractivity contribution in [1.29, 1.82) is 0 Å². The van der Waals surface area contributed by atoms with Crippen LogP contribution in [0.25, 0.3) is 0 Å². The van der Waals surface area contributed by atoms with Gasteiger partial charge in [-0.1, -0.05) is 0 Å². The summed E-state index contributed by atoms with van der Waals surface area (Å²) in [5, 5.41) is 23.3. The van der Waals surface area contributed by atoms with E-state index in [0.717, 1.165) is 0 Å². The molecule has 0 saturated heterocycles. The van der Waals surface area contributed by atoms with Crippen LogP contribution in [0.4, 0.5) is 5.82 Å². The number of carboxylic acid groups (broad SMARTS) is 1. The molecule has 0 saturated carbocycles. The van der Waals surface area contributed by atoms with E-state index in [1.165, 1.54) is 6.07 Å². The molecule has 7 heteroatoms. The summed E-state index contributed by atoms with van der Waals surface area (Å²) in [6.45, 7) is 2.67. The summed E-state index contributed by atoms with van der Waals surface area (Å²) < 4.78 is 1.80. The number of anilines is 1. The number of nitrogens with zero attached hydrogens (tertiary/aromatic N) is 4. The van der Waals surface area contributed by atoms with Gasteiger partial charge < -0.3 is 10.4 Å². The van der Waals surface area contributed by atoms with Crippen molar-refractivity contribution in [1.82, 2.24) is 20.0 Å². The second-order valence-electron chi connectivity index (χ2n) is 3.88. The molecule has 1 unspecified atom stereocenters. The van der Waals surface area contributed by atoms with Crippen LogP contribution in [-0.4, -0.2) is 37.1 Å². The molecule has 0 aliphatic heterocycles. The molecule has 2 aromatic heterocycles. The molecule has 18 heavy (non-hydrogen) atoms. The van der Waals surface area contributed by atoms with E-state index < -0.39 is 5.97 Å². The highest BCUT2D eigenvalue weighted by molar-refractivity contribution is 5.85. The first-order valence-electron chi connectivity index (χ1n) is 5.46. The van der Waals surface area contributed by atoms with E-state index in [0.29, 0.717) is 12.4 Å². The van der Waals surface area contributed by atoms with Gasteiger partial charge in [-0.15, -0.1) is 10.2 Å². The highest BCUT2D eigenvalue weighted by atomic mass is 16.4. The molecule has 1 atom stereocenters. The lowest BCUT2D eigenvalue weighted by molar-refractivity contribution is 0.0689. The smallest absolute Gasteiger partial charge is 0.356 e. The zero-order chi connectivity index (χ0) is 13.0. The average Bonchev–Trinajstić information content (AvgIpc) is 2.82. The van der Waals surface area contributed by atoms with Crippen molar-refractivity contribution in [3.8, 4) is 0 Å². The predicted octanol–water partition coefficient (Wildman–Crippen LogP) is 0.872. The van der Waals surface area contributed by atoms with Gasteiger partial charge >= 0.3 is 5.97 Å². The number of aromatic carboxylic acids is 1. The first-order chi connectivity index (χ1) is 8.65. The summed E-state index contributed by atoms with van der Waals surface area (Å²) in [6, 6.07) is 4.97. The second-order valence-corrected chi connectivity index (χ2v) is 3.88. The molecule has 0 bridgehead atoms. The van der Waals surface area contributed by atoms with Gasteiger partial charge in [-0.2, -0.15) is 5.10 Å². The Labute approximate surface area is 103 Å². The minimum absolute atomic E-state index is 0.0692. The summed E-state index contributed by atoms with van der Waals surface area (Å²) >= 11 is 0. The quantitative estimate of drug-likeness (QED) is 0.814. The fourth-order valence-corrected chi connectivity index (χ4v) is 1.51. The summed E-state index contributed by atoms with van der Waals surface area (Å²) in [7, 11) is 0. The normalized spacial score (nSPS) is 12.1. The molecule has 0 amide bonds. The average molecular weight is 247 g/mol. The van der Waals surface area contributed by atoms with Crippen LogP contribution in [0.5, 0.6) is 0 Å². The van der Waals surface area contributed by atoms with E-state index >= 15 is 0 Å². The van der Waals surface area contributed by atoms with Gasteiger partial charge in [0.15, 0.2) is 5.69 Å². The van der Waals surface area contributed by atoms with Crippen molar-refractivity contribution in [3.05, 3.63) is 36.3 Å². The number of rotatable bonds is 5. The first-order valence-corrected chi connectivity index (χ1v) is 5.46. The van der Waals surface area contributed by atoms with Gasteiger partial charge in [0.25, 0.3) is 0 Å². The Morgan fingerprint density at radius 3 is 2.89 bits per heavy atom. The standard InChI is InChI=1S/C11H13N5O2/c1-8(7-16-6-2-5-12-16)13-10-4-3-9(11(17)18)14-15-10/h2-6,8H,7H2,1H3,(H,13,15)(H,17,18). The van der Waals surface area contributed by atoms with E-state index in [-0.39, 0.29) is 11.7 Å². The van der Waals surface area contributed by atoms with Crippen molar-refractivity contribution in [2.24, 2.45) is 0 Å². The number of aromatic nitrogens is 4. The molecular weight excluding hydrogens is 234 g/mol. The Morgan fingerprint density at radius 2 is 2.33 bits per heavy atom. The Kier molecular flexibility index (Phi) is 3.52. The first kappa shape index (κ1) is 12.0. The third-order valence-electron chi connectivity index (χ3n) is 2.30. The monoisotopic (exact) mass is 247 g/mol. The molecule has 2 rings (SSSR count). The van der Waals surface area contributed by atoms with Crippen molar-refractivity contribution < 1.29 is 9.90 Å². The van der Waals surface area contributed by atoms with Crippen LogP contribution in [0.15, 0.2) is 30.6 Å². The van der Waals surface area contributed by atoms with Gasteiger partial charge in [0.05, 0.1) is 6.54 Å². The maximum absolute atomic E-state index is 10.6. The second kappa shape index (κ2) is 5.26. The minimum Gasteiger partial charge on any atom is -0.476 e. The van der Waals surface area contributed by atoms with Crippen LogP contribution >= 0.6 is 0 Å². The highest BCUT2D eigenvalue weighted by Crippen LogP contribution is 2.05. The van der Waals surface area contributed by atoms with Crippen LogP contribution in [0, 0.1) is 0 Å². The zero-order valence-corrected chi connectivity index (χ0v) is 9.82. The van der Waals surface area contributed by atoms with Gasteiger partial charge in [-0.25, -0.2) is 4.79 Å². The number of carboxylic acids is 1. The van der Waals surface area contributed by atoms with Gasteiger partial charge in [0.1, 0.15) is 5.82 Å². The van der Waals surface area contributed by atoms with Crippen LogP contribution in [-0.2, 0) is 6.54 Å². The van der Waals surface area contributed by atoms with Crippen molar-refractivity contribution in [2.45, 2.75) is 19.5 Å². The van der Waals surface area contributed by atoms with Gasteiger partial charge in [0, 0.05) is 18.4 Å². The third-order valence-corrected chi connectivity index (χ3v) is 2.30. The molecule has 0 spiro atoms. The lowest BCUT2D eigenvalue weighted by atomic mass is 10.3. The molecule has 0 radical (unpaired) electrons. The van der Waals surface area contributed by atoms with Crippen molar-refractivity contribution >= 4 is 11.8 Å². The Hall–Kier alpha value is -2.44. The van der Waals surface area contributed by atoms with Gasteiger partial charge in [-0.05, 0) is 25.1 Å². The van der Waals surface area contributed by atoms with E-state index in [2.05, 4.69) is 20.6 Å². The Morgan fingerprint density at radius 1 is 1.50 bits per heavy atom. The summed E-state index contributed by atoms with van der Waals surface area (Å²) in [6.07, 6.45) is 3.59. The maximum atomic E-state index is 10.6. The number of carbonyl (C=O) groups is 1. The molecule has 0 aliphatic rings. The largest absolute Gasteiger partial charge is 0.476 e. The SMILES string of the molecule is CC(Cn1cccn1)Nc1ccc(C(=O)O)nn1. The van der Waals surface area contributed by atoms with Crippen LogP contribution < -0.4 is 5.32 Å².